The van der Waals surface area contributed by atoms with Crippen molar-refractivity contribution in [3.05, 3.63) is 23.2 Å². The maximum Gasteiger partial charge on any atom is 0.312 e. The van der Waals surface area contributed by atoms with Crippen molar-refractivity contribution >= 4 is 37.8 Å². The molecule has 3 unspecified atom stereocenters. The lowest BCUT2D eigenvalue weighted by Gasteiger charge is -2.38. The molecule has 0 radical (unpaired) electrons. The van der Waals surface area contributed by atoms with Crippen molar-refractivity contribution in [1.29, 1.82) is 0 Å². The van der Waals surface area contributed by atoms with E-state index in [0.29, 0.717) is 18.1 Å². The molecule has 1 aliphatic carbocycles. The van der Waals surface area contributed by atoms with Gasteiger partial charge in [-0.15, -0.1) is 0 Å². The zero-order valence-electron chi connectivity index (χ0n) is 12.7. The first-order valence-electron chi connectivity index (χ1n) is 6.46. The second-order valence-corrected chi connectivity index (χ2v) is 6.53. The third-order valence-corrected chi connectivity index (χ3v) is 6.24. The van der Waals surface area contributed by atoms with Gasteiger partial charge in [0.1, 0.15) is 0 Å². The first-order valence-corrected chi connectivity index (χ1v) is 8.17. The van der Waals surface area contributed by atoms with Crippen LogP contribution in [0.2, 0.25) is 0 Å². The Morgan fingerprint density at radius 3 is 2.43 bits per heavy atom. The monoisotopic (exact) mass is 426 g/mol. The Labute approximate surface area is 141 Å². The normalized spacial score (nSPS) is 27.0. The molecule has 3 atom stereocenters. The lowest BCUT2D eigenvalue weighted by molar-refractivity contribution is -0.146. The van der Waals surface area contributed by atoms with Gasteiger partial charge < -0.3 is 18.9 Å². The maximum atomic E-state index is 12.0. The maximum absolute atomic E-state index is 12.0. The van der Waals surface area contributed by atoms with E-state index in [4.69, 9.17) is 18.9 Å². The number of ether oxygens (including phenoxy) is 4. The molecule has 0 aromatic heterocycles. The van der Waals surface area contributed by atoms with Gasteiger partial charge in [0.05, 0.1) is 31.6 Å². The van der Waals surface area contributed by atoms with Gasteiger partial charge in [0.2, 0.25) is 0 Å². The molecule has 7 heteroatoms. The molecular formula is C14H20Br2O5. The summed E-state index contributed by atoms with van der Waals surface area (Å²) in [6.45, 7) is 3.90. The van der Waals surface area contributed by atoms with Crippen LogP contribution in [0.5, 0.6) is 0 Å². The van der Waals surface area contributed by atoms with Crippen LogP contribution in [0.25, 0.3) is 0 Å². The van der Waals surface area contributed by atoms with Crippen LogP contribution in [0.15, 0.2) is 23.2 Å². The van der Waals surface area contributed by atoms with Gasteiger partial charge in [0.15, 0.2) is 16.0 Å². The van der Waals surface area contributed by atoms with Crippen molar-refractivity contribution in [2.24, 2.45) is 5.92 Å². The van der Waals surface area contributed by atoms with E-state index in [1.54, 1.807) is 27.0 Å². The smallest absolute Gasteiger partial charge is 0.312 e. The summed E-state index contributed by atoms with van der Waals surface area (Å²) in [6, 6.07) is 0. The first-order chi connectivity index (χ1) is 9.87. The SMILES string of the molecule is CCOC(=O)C(C)C1=CC(OC)=C(OC)C(Br)(OC)C1Br. The van der Waals surface area contributed by atoms with E-state index in [1.165, 1.54) is 14.2 Å². The summed E-state index contributed by atoms with van der Waals surface area (Å²) in [4.78, 5) is 11.7. The highest BCUT2D eigenvalue weighted by Gasteiger charge is 2.49. The molecule has 0 aliphatic heterocycles. The van der Waals surface area contributed by atoms with Crippen molar-refractivity contribution in [3.63, 3.8) is 0 Å². The summed E-state index contributed by atoms with van der Waals surface area (Å²) in [6.07, 6.45) is 1.78. The van der Waals surface area contributed by atoms with E-state index in [0.717, 1.165) is 5.57 Å². The van der Waals surface area contributed by atoms with Gasteiger partial charge in [-0.05, 0) is 41.4 Å². The minimum Gasteiger partial charge on any atom is -0.493 e. The highest BCUT2D eigenvalue weighted by molar-refractivity contribution is 9.12. The van der Waals surface area contributed by atoms with Crippen molar-refractivity contribution in [2.75, 3.05) is 27.9 Å². The fraction of sp³-hybridized carbons (Fsp3) is 0.643. The molecule has 0 bridgehead atoms. The topological polar surface area (TPSA) is 54.0 Å². The molecule has 21 heavy (non-hydrogen) atoms. The van der Waals surface area contributed by atoms with Crippen LogP contribution in [-0.4, -0.2) is 43.2 Å². The van der Waals surface area contributed by atoms with E-state index in [2.05, 4.69) is 31.9 Å². The minimum atomic E-state index is -0.960. The quantitative estimate of drug-likeness (QED) is 0.481. The van der Waals surface area contributed by atoms with Gasteiger partial charge in [-0.2, -0.15) is 0 Å². The predicted octanol–water partition coefficient (Wildman–Crippen LogP) is 3.13. The van der Waals surface area contributed by atoms with Crippen LogP contribution >= 0.6 is 31.9 Å². The molecule has 0 spiro atoms. The zero-order chi connectivity index (χ0) is 16.2. The van der Waals surface area contributed by atoms with Gasteiger partial charge in [0, 0.05) is 7.11 Å². The van der Waals surface area contributed by atoms with Gasteiger partial charge in [-0.25, -0.2) is 0 Å². The highest BCUT2D eigenvalue weighted by atomic mass is 79.9. The molecule has 0 aromatic rings. The van der Waals surface area contributed by atoms with E-state index in [-0.39, 0.29) is 10.8 Å². The Kier molecular flexibility index (Phi) is 6.74. The predicted molar refractivity (Wildman–Crippen MR) is 86.3 cm³/mol. The Morgan fingerprint density at radius 2 is 2.00 bits per heavy atom. The van der Waals surface area contributed by atoms with E-state index in [1.807, 2.05) is 0 Å². The number of hydrogen-bond donors (Lipinski definition) is 0. The largest absolute Gasteiger partial charge is 0.493 e. The molecule has 1 rings (SSSR count). The lowest BCUT2D eigenvalue weighted by atomic mass is 9.90. The number of carbonyl (C=O) groups excluding carboxylic acids is 1. The minimum absolute atomic E-state index is 0.296. The third kappa shape index (κ3) is 3.46. The van der Waals surface area contributed by atoms with Crippen LogP contribution in [0, 0.1) is 5.92 Å². The molecular weight excluding hydrogens is 408 g/mol. The number of alkyl halides is 2. The number of allylic oxidation sites excluding steroid dienone is 1. The second-order valence-electron chi connectivity index (χ2n) is 4.43. The summed E-state index contributed by atoms with van der Waals surface area (Å²) in [7, 11) is 4.62. The number of hydrogen-bond acceptors (Lipinski definition) is 5. The number of rotatable bonds is 6. The Morgan fingerprint density at radius 1 is 1.38 bits per heavy atom. The summed E-state index contributed by atoms with van der Waals surface area (Å²) in [5.74, 6) is 0.257. The summed E-state index contributed by atoms with van der Waals surface area (Å²) >= 11 is 7.12. The zero-order valence-corrected chi connectivity index (χ0v) is 15.9. The summed E-state index contributed by atoms with van der Waals surface area (Å²) < 4.78 is 20.4. The average molecular weight is 428 g/mol. The Balaban J connectivity index is 3.30. The number of carbonyl (C=O) groups is 1. The van der Waals surface area contributed by atoms with E-state index < -0.39 is 10.4 Å². The summed E-state index contributed by atoms with van der Waals surface area (Å²) in [5, 5.41) is 0. The second kappa shape index (κ2) is 7.65. The standard InChI is InChI=1S/C14H20Br2O5/c1-6-21-13(17)8(2)9-7-10(18-3)12(19-4)14(16,20-5)11(9)15/h7-8,11H,6H2,1-5H3. The van der Waals surface area contributed by atoms with Crippen LogP contribution < -0.4 is 0 Å². The molecule has 0 aromatic carbocycles. The molecule has 0 saturated carbocycles. The van der Waals surface area contributed by atoms with Gasteiger partial charge in [-0.1, -0.05) is 15.9 Å². The molecule has 0 saturated heterocycles. The fourth-order valence-electron chi connectivity index (χ4n) is 2.12. The number of halogens is 2. The van der Waals surface area contributed by atoms with Gasteiger partial charge in [-0.3, -0.25) is 4.79 Å². The average Bonchev–Trinajstić information content (AvgIpc) is 2.49. The Hall–Kier alpha value is -0.530. The van der Waals surface area contributed by atoms with Gasteiger partial charge >= 0.3 is 5.97 Å². The van der Waals surface area contributed by atoms with Crippen molar-refractivity contribution in [3.8, 4) is 0 Å². The first kappa shape index (κ1) is 18.5. The molecule has 120 valence electrons. The highest BCUT2D eigenvalue weighted by Crippen LogP contribution is 2.47. The number of esters is 1. The number of methoxy groups -OCH3 is 3. The lowest BCUT2D eigenvalue weighted by Crippen LogP contribution is -2.43. The molecule has 0 heterocycles. The summed E-state index contributed by atoms with van der Waals surface area (Å²) in [5.41, 5.74) is 0.782. The molecule has 1 aliphatic rings. The van der Waals surface area contributed by atoms with Crippen LogP contribution in [-0.2, 0) is 23.7 Å². The van der Waals surface area contributed by atoms with Crippen LogP contribution in [0.4, 0.5) is 0 Å². The molecule has 0 amide bonds. The van der Waals surface area contributed by atoms with Gasteiger partial charge in [0.25, 0.3) is 0 Å². The van der Waals surface area contributed by atoms with E-state index in [9.17, 15) is 4.79 Å². The third-order valence-electron chi connectivity index (χ3n) is 3.31. The van der Waals surface area contributed by atoms with Crippen LogP contribution in [0.1, 0.15) is 13.8 Å². The molecule has 5 nitrogen and oxygen atoms in total. The fourth-order valence-corrected chi connectivity index (χ4v) is 3.67. The van der Waals surface area contributed by atoms with Crippen molar-refractivity contribution in [1.82, 2.24) is 0 Å². The molecule has 0 fully saturated rings. The van der Waals surface area contributed by atoms with Crippen LogP contribution in [0.3, 0.4) is 0 Å². The van der Waals surface area contributed by atoms with Crippen molar-refractivity contribution in [2.45, 2.75) is 23.2 Å². The Bertz CT molecular complexity index is 460. The van der Waals surface area contributed by atoms with Crippen molar-refractivity contribution < 1.29 is 23.7 Å². The van der Waals surface area contributed by atoms with E-state index >= 15 is 0 Å². The molecule has 0 N–H and O–H groups in total.